The average molecular weight is 295 g/mol. The molecule has 110 valence electrons. The lowest BCUT2D eigenvalue weighted by Gasteiger charge is -2.16. The fourth-order valence-corrected chi connectivity index (χ4v) is 3.39. The molecule has 0 radical (unpaired) electrons. The number of aliphatic hydroxyl groups is 1. The Morgan fingerprint density at radius 1 is 1.30 bits per heavy atom. The molecule has 1 aromatic carbocycles. The van der Waals surface area contributed by atoms with Gasteiger partial charge in [0.25, 0.3) is 0 Å². The first-order chi connectivity index (χ1) is 9.44. The first kappa shape index (κ1) is 16.7. The Bertz CT molecular complexity index is 608. The molecule has 4 nitrogen and oxygen atoms in total. The summed E-state index contributed by atoms with van der Waals surface area (Å²) in [4.78, 5) is 0.163. The van der Waals surface area contributed by atoms with E-state index in [0.717, 1.165) is 18.4 Å². The molecule has 0 unspecified atom stereocenters. The van der Waals surface area contributed by atoms with E-state index in [1.165, 1.54) is 0 Å². The second-order valence-corrected chi connectivity index (χ2v) is 6.28. The molecule has 0 heterocycles. The van der Waals surface area contributed by atoms with Crippen molar-refractivity contribution < 1.29 is 13.5 Å². The van der Waals surface area contributed by atoms with Gasteiger partial charge in [-0.1, -0.05) is 31.8 Å². The molecule has 0 saturated carbocycles. The third-order valence-corrected chi connectivity index (χ3v) is 4.61. The topological polar surface area (TPSA) is 66.4 Å². The predicted molar refractivity (Wildman–Crippen MR) is 79.8 cm³/mol. The van der Waals surface area contributed by atoms with Crippen LogP contribution in [0.15, 0.2) is 23.1 Å². The summed E-state index contributed by atoms with van der Waals surface area (Å²) in [5.74, 6) is 5.20. The lowest BCUT2D eigenvalue weighted by atomic mass is 10.1. The van der Waals surface area contributed by atoms with E-state index in [2.05, 4.69) is 16.6 Å². The van der Waals surface area contributed by atoms with Gasteiger partial charge in [-0.2, -0.15) is 0 Å². The van der Waals surface area contributed by atoms with E-state index in [1.807, 2.05) is 20.8 Å². The Labute approximate surface area is 121 Å². The molecule has 0 atom stereocenters. The van der Waals surface area contributed by atoms with Crippen molar-refractivity contribution in [3.63, 3.8) is 0 Å². The van der Waals surface area contributed by atoms with E-state index >= 15 is 0 Å². The third kappa shape index (κ3) is 4.34. The van der Waals surface area contributed by atoms with Crippen LogP contribution in [0.2, 0.25) is 0 Å². The SMILES string of the molecule is CCC(CC)NS(=O)(=O)c1ccc(C)cc1C#CCO. The van der Waals surface area contributed by atoms with Crippen molar-refractivity contribution in [3.05, 3.63) is 29.3 Å². The van der Waals surface area contributed by atoms with Crippen LogP contribution in [0, 0.1) is 18.8 Å². The molecule has 1 aromatic rings. The summed E-state index contributed by atoms with van der Waals surface area (Å²) in [6, 6.07) is 4.93. The minimum atomic E-state index is -3.60. The summed E-state index contributed by atoms with van der Waals surface area (Å²) in [6.45, 7) is 5.46. The quantitative estimate of drug-likeness (QED) is 0.814. The average Bonchev–Trinajstić information content (AvgIpc) is 2.42. The van der Waals surface area contributed by atoms with Crippen LogP contribution in [0.3, 0.4) is 0 Å². The lowest BCUT2D eigenvalue weighted by Crippen LogP contribution is -2.34. The van der Waals surface area contributed by atoms with Crippen molar-refractivity contribution >= 4 is 10.0 Å². The summed E-state index contributed by atoms with van der Waals surface area (Å²) < 4.78 is 27.5. The summed E-state index contributed by atoms with van der Waals surface area (Å²) in [5.41, 5.74) is 1.34. The van der Waals surface area contributed by atoms with Gasteiger partial charge < -0.3 is 5.11 Å². The molecule has 5 heteroatoms. The summed E-state index contributed by atoms with van der Waals surface area (Å²) in [7, 11) is -3.60. The van der Waals surface area contributed by atoms with E-state index in [1.54, 1.807) is 18.2 Å². The summed E-state index contributed by atoms with van der Waals surface area (Å²) in [6.07, 6.45) is 1.47. The van der Waals surface area contributed by atoms with E-state index in [9.17, 15) is 8.42 Å². The van der Waals surface area contributed by atoms with Gasteiger partial charge in [-0.15, -0.1) is 0 Å². The maximum atomic E-state index is 12.4. The zero-order valence-corrected chi connectivity index (χ0v) is 12.9. The number of rotatable bonds is 5. The Morgan fingerprint density at radius 3 is 2.50 bits per heavy atom. The second-order valence-electron chi connectivity index (χ2n) is 4.59. The summed E-state index contributed by atoms with van der Waals surface area (Å²) in [5, 5.41) is 8.77. The van der Waals surface area contributed by atoms with Crippen LogP contribution in [0.5, 0.6) is 0 Å². The molecular weight excluding hydrogens is 274 g/mol. The molecule has 0 aromatic heterocycles. The first-order valence-electron chi connectivity index (χ1n) is 6.67. The van der Waals surface area contributed by atoms with Crippen molar-refractivity contribution in [2.24, 2.45) is 0 Å². The zero-order chi connectivity index (χ0) is 15.2. The number of hydrogen-bond acceptors (Lipinski definition) is 3. The van der Waals surface area contributed by atoms with Gasteiger partial charge >= 0.3 is 0 Å². The van der Waals surface area contributed by atoms with Gasteiger partial charge in [-0.25, -0.2) is 13.1 Å². The van der Waals surface area contributed by atoms with Crippen LogP contribution in [0.1, 0.15) is 37.8 Å². The van der Waals surface area contributed by atoms with Crippen LogP contribution in [0.25, 0.3) is 0 Å². The van der Waals surface area contributed by atoms with Crippen LogP contribution in [0.4, 0.5) is 0 Å². The minimum absolute atomic E-state index is 0.0834. The third-order valence-electron chi connectivity index (χ3n) is 3.03. The van der Waals surface area contributed by atoms with E-state index in [-0.39, 0.29) is 17.5 Å². The Balaban J connectivity index is 3.23. The van der Waals surface area contributed by atoms with E-state index in [4.69, 9.17) is 5.11 Å². The van der Waals surface area contributed by atoms with Crippen molar-refractivity contribution in [3.8, 4) is 11.8 Å². The van der Waals surface area contributed by atoms with E-state index in [0.29, 0.717) is 5.56 Å². The summed E-state index contributed by atoms with van der Waals surface area (Å²) >= 11 is 0. The largest absolute Gasteiger partial charge is 0.384 e. The molecule has 0 aliphatic carbocycles. The Kier molecular flexibility index (Phi) is 6.21. The van der Waals surface area contributed by atoms with Crippen LogP contribution in [-0.4, -0.2) is 26.2 Å². The first-order valence-corrected chi connectivity index (χ1v) is 8.15. The number of sulfonamides is 1. The highest BCUT2D eigenvalue weighted by Crippen LogP contribution is 2.17. The molecule has 0 bridgehead atoms. The molecule has 0 saturated heterocycles. The van der Waals surface area contributed by atoms with Crippen LogP contribution in [-0.2, 0) is 10.0 Å². The van der Waals surface area contributed by atoms with Gasteiger partial charge in [-0.05, 0) is 37.5 Å². The van der Waals surface area contributed by atoms with Gasteiger partial charge in [0.1, 0.15) is 6.61 Å². The highest BCUT2D eigenvalue weighted by molar-refractivity contribution is 7.89. The molecule has 0 fully saturated rings. The van der Waals surface area contributed by atoms with Crippen LogP contribution >= 0.6 is 0 Å². The smallest absolute Gasteiger partial charge is 0.242 e. The lowest BCUT2D eigenvalue weighted by molar-refractivity contribution is 0.350. The standard InChI is InChI=1S/C15H21NO3S/c1-4-14(5-2)16-20(18,19)15-9-8-12(3)11-13(15)7-6-10-17/h8-9,11,14,16-17H,4-5,10H2,1-3H3. The maximum absolute atomic E-state index is 12.4. The molecule has 0 aliphatic heterocycles. The van der Waals surface area contributed by atoms with Crippen LogP contribution < -0.4 is 4.72 Å². The van der Waals surface area contributed by atoms with Gasteiger partial charge in [0.2, 0.25) is 10.0 Å². The van der Waals surface area contributed by atoms with Gasteiger partial charge in [0, 0.05) is 11.6 Å². The molecule has 0 amide bonds. The molecule has 2 N–H and O–H groups in total. The van der Waals surface area contributed by atoms with Gasteiger partial charge in [-0.3, -0.25) is 0 Å². The van der Waals surface area contributed by atoms with Gasteiger partial charge in [0.15, 0.2) is 0 Å². The highest BCUT2D eigenvalue weighted by Gasteiger charge is 2.20. The normalized spacial score (nSPS) is 11.2. The van der Waals surface area contributed by atoms with Crippen molar-refractivity contribution in [1.29, 1.82) is 0 Å². The number of nitrogens with one attached hydrogen (secondary N) is 1. The van der Waals surface area contributed by atoms with Crippen molar-refractivity contribution in [2.45, 2.75) is 44.6 Å². The Hall–Kier alpha value is -1.35. The predicted octanol–water partition coefficient (Wildman–Crippen LogP) is 1.81. The molecule has 20 heavy (non-hydrogen) atoms. The molecular formula is C15H21NO3S. The number of aliphatic hydroxyl groups excluding tert-OH is 1. The fraction of sp³-hybridized carbons (Fsp3) is 0.467. The van der Waals surface area contributed by atoms with Crippen molar-refractivity contribution in [1.82, 2.24) is 4.72 Å². The highest BCUT2D eigenvalue weighted by atomic mass is 32.2. The molecule has 0 aliphatic rings. The molecule has 0 spiro atoms. The zero-order valence-electron chi connectivity index (χ0n) is 12.1. The van der Waals surface area contributed by atoms with Gasteiger partial charge in [0.05, 0.1) is 4.90 Å². The number of hydrogen-bond donors (Lipinski definition) is 2. The molecule has 1 rings (SSSR count). The van der Waals surface area contributed by atoms with E-state index < -0.39 is 10.0 Å². The van der Waals surface area contributed by atoms with Crippen molar-refractivity contribution in [2.75, 3.05) is 6.61 Å². The fourth-order valence-electron chi connectivity index (χ4n) is 1.85. The monoisotopic (exact) mass is 295 g/mol. The Morgan fingerprint density at radius 2 is 1.95 bits per heavy atom. The minimum Gasteiger partial charge on any atom is -0.384 e. The maximum Gasteiger partial charge on any atom is 0.242 e. The number of aryl methyl sites for hydroxylation is 1. The number of benzene rings is 1. The second kappa shape index (κ2) is 7.44.